The third kappa shape index (κ3) is 1.57. The van der Waals surface area contributed by atoms with Crippen LogP contribution in [0.4, 0.5) is 8.78 Å². The number of rotatable bonds is 2. The van der Waals surface area contributed by atoms with Gasteiger partial charge in [0.2, 0.25) is 0 Å². The fraction of sp³-hybridized carbons (Fsp3) is 0.500. The lowest BCUT2D eigenvalue weighted by Gasteiger charge is -2.04. The molecule has 0 radical (unpaired) electrons. The van der Waals surface area contributed by atoms with Gasteiger partial charge >= 0.3 is 0 Å². The molecule has 12 heavy (non-hydrogen) atoms. The summed E-state index contributed by atoms with van der Waals surface area (Å²) in [5, 5.41) is 0. The van der Waals surface area contributed by atoms with Crippen LogP contribution in [0.3, 0.4) is 0 Å². The first-order chi connectivity index (χ1) is 5.69. The quantitative estimate of drug-likeness (QED) is 0.682. The first-order valence-electron chi connectivity index (χ1n) is 3.64. The van der Waals surface area contributed by atoms with Crippen molar-refractivity contribution < 1.29 is 8.78 Å². The summed E-state index contributed by atoms with van der Waals surface area (Å²) in [4.78, 5) is 7.77. The molecule has 0 unspecified atom stereocenters. The summed E-state index contributed by atoms with van der Waals surface area (Å²) in [6.45, 7) is 1.96. The highest BCUT2D eigenvalue weighted by atomic mass is 19.1. The van der Waals surface area contributed by atoms with Gasteiger partial charge in [0.15, 0.2) is 0 Å². The smallest absolute Gasteiger partial charge is 0.133 e. The van der Waals surface area contributed by atoms with Crippen molar-refractivity contribution >= 4 is 0 Å². The molecule has 1 heterocycles. The molecule has 0 N–H and O–H groups in total. The minimum Gasteiger partial charge on any atom is -0.251 e. The maximum absolute atomic E-state index is 12.2. The van der Waals surface area contributed by atoms with Crippen LogP contribution in [0.1, 0.15) is 22.8 Å². The van der Waals surface area contributed by atoms with Gasteiger partial charge < -0.3 is 0 Å². The van der Waals surface area contributed by atoms with E-state index < -0.39 is 13.3 Å². The topological polar surface area (TPSA) is 25.8 Å². The summed E-state index contributed by atoms with van der Waals surface area (Å²) in [5.41, 5.74) is 1.53. The molecule has 0 aliphatic heterocycles. The second-order valence-electron chi connectivity index (χ2n) is 2.56. The van der Waals surface area contributed by atoms with E-state index in [1.165, 1.54) is 0 Å². The fourth-order valence-electron chi connectivity index (χ4n) is 0.949. The van der Waals surface area contributed by atoms with Crippen LogP contribution >= 0.6 is 0 Å². The zero-order valence-corrected chi connectivity index (χ0v) is 7.06. The molecule has 0 amide bonds. The van der Waals surface area contributed by atoms with Gasteiger partial charge in [-0.3, -0.25) is 9.97 Å². The molecule has 4 heteroatoms. The second-order valence-corrected chi connectivity index (χ2v) is 2.56. The number of aromatic nitrogens is 2. The third-order valence-electron chi connectivity index (χ3n) is 1.69. The monoisotopic (exact) mass is 172 g/mol. The SMILES string of the molecule is Cc1nc(CF)c(C)nc1CF. The minimum atomic E-state index is -0.647. The van der Waals surface area contributed by atoms with Crippen LogP contribution in [0.15, 0.2) is 0 Å². The molecule has 1 rings (SSSR count). The molecule has 0 bridgehead atoms. The lowest BCUT2D eigenvalue weighted by atomic mass is 10.3. The Balaban J connectivity index is 3.16. The summed E-state index contributed by atoms with van der Waals surface area (Å²) in [5.74, 6) is 0. The molecule has 0 spiro atoms. The van der Waals surface area contributed by atoms with E-state index >= 15 is 0 Å². The van der Waals surface area contributed by atoms with Crippen LogP contribution in [0.5, 0.6) is 0 Å². The van der Waals surface area contributed by atoms with Gasteiger partial charge in [0.05, 0.1) is 22.8 Å². The van der Waals surface area contributed by atoms with Crippen molar-refractivity contribution in [2.75, 3.05) is 0 Å². The van der Waals surface area contributed by atoms with Crippen LogP contribution in [0.2, 0.25) is 0 Å². The highest BCUT2D eigenvalue weighted by molar-refractivity contribution is 5.17. The summed E-state index contributed by atoms with van der Waals surface area (Å²) in [7, 11) is 0. The van der Waals surface area contributed by atoms with Gasteiger partial charge in [-0.25, -0.2) is 8.78 Å². The average molecular weight is 172 g/mol. The van der Waals surface area contributed by atoms with Gasteiger partial charge in [0, 0.05) is 0 Å². The Morgan fingerprint density at radius 2 is 1.25 bits per heavy atom. The summed E-state index contributed by atoms with van der Waals surface area (Å²) >= 11 is 0. The lowest BCUT2D eigenvalue weighted by molar-refractivity contribution is 0.457. The predicted molar refractivity (Wildman–Crippen MR) is 41.1 cm³/mol. The summed E-state index contributed by atoms with van der Waals surface area (Å²) in [6, 6.07) is 0. The van der Waals surface area contributed by atoms with Crippen molar-refractivity contribution in [1.29, 1.82) is 0 Å². The Morgan fingerprint density at radius 3 is 1.50 bits per heavy atom. The fourth-order valence-corrected chi connectivity index (χ4v) is 0.949. The molecule has 66 valence electrons. The van der Waals surface area contributed by atoms with Crippen molar-refractivity contribution in [2.45, 2.75) is 27.2 Å². The van der Waals surface area contributed by atoms with E-state index in [2.05, 4.69) is 9.97 Å². The standard InChI is InChI=1S/C8H10F2N2/c1-5-7(3-9)12-6(2)8(4-10)11-5/h3-4H2,1-2H3. The Bertz CT molecular complexity index is 257. The number of alkyl halides is 2. The Kier molecular flexibility index (Phi) is 2.68. The minimum absolute atomic E-state index is 0.296. The molecule has 0 aliphatic carbocycles. The molecule has 1 aromatic heterocycles. The molecule has 0 saturated carbocycles. The summed E-state index contributed by atoms with van der Waals surface area (Å²) in [6.07, 6.45) is 0. The number of aryl methyl sites for hydroxylation is 2. The Morgan fingerprint density at radius 1 is 0.917 bits per heavy atom. The van der Waals surface area contributed by atoms with E-state index in [1.54, 1.807) is 13.8 Å². The van der Waals surface area contributed by atoms with Crippen molar-refractivity contribution in [3.05, 3.63) is 22.8 Å². The van der Waals surface area contributed by atoms with E-state index in [9.17, 15) is 8.78 Å². The largest absolute Gasteiger partial charge is 0.251 e. The van der Waals surface area contributed by atoms with Crippen molar-refractivity contribution in [3.63, 3.8) is 0 Å². The number of halogens is 2. The van der Waals surface area contributed by atoms with Crippen LogP contribution in [-0.4, -0.2) is 9.97 Å². The van der Waals surface area contributed by atoms with Gasteiger partial charge in [-0.2, -0.15) is 0 Å². The highest BCUT2D eigenvalue weighted by Gasteiger charge is 2.06. The predicted octanol–water partition coefficient (Wildman–Crippen LogP) is 2.03. The summed E-state index contributed by atoms with van der Waals surface area (Å²) < 4.78 is 24.4. The molecular formula is C8H10F2N2. The molecule has 0 atom stereocenters. The van der Waals surface area contributed by atoms with Gasteiger partial charge in [-0.05, 0) is 13.8 Å². The van der Waals surface area contributed by atoms with Crippen LogP contribution < -0.4 is 0 Å². The maximum atomic E-state index is 12.2. The van der Waals surface area contributed by atoms with E-state index in [4.69, 9.17) is 0 Å². The molecule has 2 nitrogen and oxygen atoms in total. The molecular weight excluding hydrogens is 162 g/mol. The van der Waals surface area contributed by atoms with Crippen molar-refractivity contribution in [1.82, 2.24) is 9.97 Å². The Hall–Kier alpha value is -1.06. The Labute approximate surface area is 69.7 Å². The third-order valence-corrected chi connectivity index (χ3v) is 1.69. The van der Waals surface area contributed by atoms with Crippen LogP contribution in [0, 0.1) is 13.8 Å². The molecule has 0 aliphatic rings. The normalized spacial score (nSPS) is 10.3. The molecule has 1 aromatic rings. The van der Waals surface area contributed by atoms with Crippen molar-refractivity contribution in [2.24, 2.45) is 0 Å². The van der Waals surface area contributed by atoms with Crippen LogP contribution in [-0.2, 0) is 13.3 Å². The van der Waals surface area contributed by atoms with Crippen LogP contribution in [0.25, 0.3) is 0 Å². The molecule has 0 saturated heterocycles. The number of hydrogen-bond acceptors (Lipinski definition) is 2. The molecule has 0 fully saturated rings. The lowest BCUT2D eigenvalue weighted by Crippen LogP contribution is -2.02. The van der Waals surface area contributed by atoms with Crippen molar-refractivity contribution in [3.8, 4) is 0 Å². The van der Waals surface area contributed by atoms with E-state index in [-0.39, 0.29) is 0 Å². The van der Waals surface area contributed by atoms with Gasteiger partial charge in [-0.15, -0.1) is 0 Å². The number of nitrogens with zero attached hydrogens (tertiary/aromatic N) is 2. The zero-order chi connectivity index (χ0) is 9.14. The van der Waals surface area contributed by atoms with Gasteiger partial charge in [0.1, 0.15) is 13.3 Å². The van der Waals surface area contributed by atoms with Gasteiger partial charge in [-0.1, -0.05) is 0 Å². The van der Waals surface area contributed by atoms with E-state index in [1.807, 2.05) is 0 Å². The van der Waals surface area contributed by atoms with Gasteiger partial charge in [0.25, 0.3) is 0 Å². The first-order valence-corrected chi connectivity index (χ1v) is 3.64. The highest BCUT2D eigenvalue weighted by Crippen LogP contribution is 2.09. The second kappa shape index (κ2) is 3.56. The number of hydrogen-bond donors (Lipinski definition) is 0. The molecule has 0 aromatic carbocycles. The zero-order valence-electron chi connectivity index (χ0n) is 7.06. The van der Waals surface area contributed by atoms with E-state index in [0.29, 0.717) is 22.8 Å². The van der Waals surface area contributed by atoms with E-state index in [0.717, 1.165) is 0 Å². The average Bonchev–Trinajstić information content (AvgIpc) is 2.08. The first kappa shape index (κ1) is 9.03. The maximum Gasteiger partial charge on any atom is 0.133 e.